The molecule has 0 aliphatic carbocycles. The number of likely N-dealkylation sites (N-methyl/N-ethyl adjacent to an activating group) is 1. The van der Waals surface area contributed by atoms with Crippen LogP contribution in [0.2, 0.25) is 0 Å². The SMILES string of the molecule is CCN1CCOC(CN2CCC(C(=O)O)C(C(=O)O)C2)C1. The smallest absolute Gasteiger partial charge is 0.308 e. The van der Waals surface area contributed by atoms with Gasteiger partial charge < -0.3 is 14.9 Å². The number of carboxylic acids is 2. The molecule has 0 bridgehead atoms. The lowest BCUT2D eigenvalue weighted by Crippen LogP contribution is -2.52. The molecule has 3 atom stereocenters. The summed E-state index contributed by atoms with van der Waals surface area (Å²) in [6, 6.07) is 0. The quantitative estimate of drug-likeness (QED) is 0.727. The number of ether oxygens (including phenoxy) is 1. The molecule has 2 saturated heterocycles. The molecule has 0 aromatic carbocycles. The molecule has 2 aliphatic heterocycles. The molecule has 2 rings (SSSR count). The molecule has 7 heteroatoms. The van der Waals surface area contributed by atoms with Crippen LogP contribution in [-0.2, 0) is 14.3 Å². The second-order valence-electron chi connectivity index (χ2n) is 5.82. The summed E-state index contributed by atoms with van der Waals surface area (Å²) < 4.78 is 5.74. The summed E-state index contributed by atoms with van der Waals surface area (Å²) in [6.45, 7) is 7.17. The molecule has 7 nitrogen and oxygen atoms in total. The van der Waals surface area contributed by atoms with Gasteiger partial charge in [0.15, 0.2) is 0 Å². The van der Waals surface area contributed by atoms with E-state index in [0.29, 0.717) is 26.1 Å². The summed E-state index contributed by atoms with van der Waals surface area (Å²) in [5.74, 6) is -3.64. The van der Waals surface area contributed by atoms with Crippen LogP contribution in [0.4, 0.5) is 0 Å². The van der Waals surface area contributed by atoms with E-state index < -0.39 is 23.8 Å². The zero-order valence-corrected chi connectivity index (χ0v) is 12.4. The molecule has 120 valence electrons. The van der Waals surface area contributed by atoms with Crippen molar-refractivity contribution in [2.24, 2.45) is 11.8 Å². The van der Waals surface area contributed by atoms with Crippen LogP contribution in [0.15, 0.2) is 0 Å². The molecule has 21 heavy (non-hydrogen) atoms. The van der Waals surface area contributed by atoms with E-state index in [1.807, 2.05) is 4.90 Å². The van der Waals surface area contributed by atoms with Crippen molar-refractivity contribution in [2.45, 2.75) is 19.4 Å². The molecule has 3 unspecified atom stereocenters. The van der Waals surface area contributed by atoms with Gasteiger partial charge in [0.1, 0.15) is 0 Å². The summed E-state index contributed by atoms with van der Waals surface area (Å²) in [4.78, 5) is 26.8. The van der Waals surface area contributed by atoms with Crippen molar-refractivity contribution in [3.63, 3.8) is 0 Å². The first-order chi connectivity index (χ1) is 10.0. The largest absolute Gasteiger partial charge is 0.481 e. The third-order valence-electron chi connectivity index (χ3n) is 4.46. The lowest BCUT2D eigenvalue weighted by Gasteiger charge is -2.39. The first kappa shape index (κ1) is 16.2. The van der Waals surface area contributed by atoms with Crippen molar-refractivity contribution >= 4 is 11.9 Å². The maximum atomic E-state index is 11.3. The van der Waals surface area contributed by atoms with Crippen LogP contribution >= 0.6 is 0 Å². The molecule has 2 aliphatic rings. The van der Waals surface area contributed by atoms with E-state index in [9.17, 15) is 14.7 Å². The second-order valence-corrected chi connectivity index (χ2v) is 5.82. The molecule has 0 spiro atoms. The van der Waals surface area contributed by atoms with E-state index in [0.717, 1.165) is 19.6 Å². The summed E-state index contributed by atoms with van der Waals surface area (Å²) >= 11 is 0. The van der Waals surface area contributed by atoms with Crippen molar-refractivity contribution < 1.29 is 24.5 Å². The van der Waals surface area contributed by atoms with E-state index >= 15 is 0 Å². The molecule has 0 aromatic rings. The number of likely N-dealkylation sites (tertiary alicyclic amines) is 1. The standard InChI is InChI=1S/C14H24N2O5/c1-2-15-5-6-21-10(7-15)8-16-4-3-11(13(17)18)12(9-16)14(19)20/h10-12H,2-9H2,1H3,(H,17,18)(H,19,20). The first-order valence-electron chi connectivity index (χ1n) is 7.53. The van der Waals surface area contributed by atoms with E-state index in [1.165, 1.54) is 0 Å². The number of hydrogen-bond donors (Lipinski definition) is 2. The highest BCUT2D eigenvalue weighted by molar-refractivity contribution is 5.80. The topological polar surface area (TPSA) is 90.3 Å². The van der Waals surface area contributed by atoms with Crippen LogP contribution < -0.4 is 0 Å². The van der Waals surface area contributed by atoms with Gasteiger partial charge in [-0.2, -0.15) is 0 Å². The normalized spacial score (nSPS) is 32.0. The van der Waals surface area contributed by atoms with Gasteiger partial charge in [-0.15, -0.1) is 0 Å². The molecular formula is C14H24N2O5. The average Bonchev–Trinajstić information content (AvgIpc) is 2.47. The van der Waals surface area contributed by atoms with Gasteiger partial charge in [0.2, 0.25) is 0 Å². The number of piperidine rings is 1. The van der Waals surface area contributed by atoms with Crippen molar-refractivity contribution in [3.8, 4) is 0 Å². The zero-order valence-electron chi connectivity index (χ0n) is 12.4. The summed E-state index contributed by atoms with van der Waals surface area (Å²) in [7, 11) is 0. The molecule has 2 heterocycles. The molecule has 2 fully saturated rings. The lowest BCUT2D eigenvalue weighted by molar-refractivity contribution is -0.157. The molecule has 0 saturated carbocycles. The summed E-state index contributed by atoms with van der Waals surface area (Å²) in [5, 5.41) is 18.4. The molecule has 0 amide bonds. The first-order valence-corrected chi connectivity index (χ1v) is 7.53. The minimum Gasteiger partial charge on any atom is -0.481 e. The third-order valence-corrected chi connectivity index (χ3v) is 4.46. The van der Waals surface area contributed by atoms with Gasteiger partial charge in [-0.1, -0.05) is 6.92 Å². The highest BCUT2D eigenvalue weighted by atomic mass is 16.5. The lowest BCUT2D eigenvalue weighted by atomic mass is 9.85. The Bertz CT molecular complexity index is 390. The Morgan fingerprint density at radius 3 is 2.43 bits per heavy atom. The van der Waals surface area contributed by atoms with Gasteiger partial charge in [0.25, 0.3) is 0 Å². The van der Waals surface area contributed by atoms with Gasteiger partial charge in [-0.25, -0.2) is 0 Å². The minimum absolute atomic E-state index is 0.0783. The Kier molecular flexibility index (Phi) is 5.55. The van der Waals surface area contributed by atoms with Crippen molar-refractivity contribution in [2.75, 3.05) is 45.9 Å². The Morgan fingerprint density at radius 2 is 1.81 bits per heavy atom. The van der Waals surface area contributed by atoms with E-state index in [1.54, 1.807) is 0 Å². The fourth-order valence-corrected chi connectivity index (χ4v) is 3.20. The Balaban J connectivity index is 1.90. The third kappa shape index (κ3) is 4.15. The zero-order chi connectivity index (χ0) is 15.4. The number of hydrogen-bond acceptors (Lipinski definition) is 5. The van der Waals surface area contributed by atoms with Crippen LogP contribution in [-0.4, -0.2) is 83.9 Å². The van der Waals surface area contributed by atoms with Crippen LogP contribution in [0.25, 0.3) is 0 Å². The molecule has 2 N–H and O–H groups in total. The van der Waals surface area contributed by atoms with Crippen molar-refractivity contribution in [1.82, 2.24) is 9.80 Å². The van der Waals surface area contributed by atoms with Crippen LogP contribution in [0, 0.1) is 11.8 Å². The maximum Gasteiger partial charge on any atom is 0.308 e. The maximum absolute atomic E-state index is 11.3. The van der Waals surface area contributed by atoms with Gasteiger partial charge in [-0.3, -0.25) is 19.4 Å². The minimum atomic E-state index is -1.02. The van der Waals surface area contributed by atoms with Crippen molar-refractivity contribution in [1.29, 1.82) is 0 Å². The fraction of sp³-hybridized carbons (Fsp3) is 0.857. The fourth-order valence-electron chi connectivity index (χ4n) is 3.20. The highest BCUT2D eigenvalue weighted by Crippen LogP contribution is 2.25. The second kappa shape index (κ2) is 7.20. The Labute approximate surface area is 124 Å². The number of carboxylic acid groups (broad SMARTS) is 2. The van der Waals surface area contributed by atoms with E-state index in [2.05, 4.69) is 11.8 Å². The number of rotatable bonds is 5. The number of nitrogens with zero attached hydrogens (tertiary/aromatic N) is 2. The molecule has 0 aromatic heterocycles. The number of morpholine rings is 1. The summed E-state index contributed by atoms with van der Waals surface area (Å²) in [6.07, 6.45) is 0.464. The molecular weight excluding hydrogens is 276 g/mol. The van der Waals surface area contributed by atoms with Crippen LogP contribution in [0.5, 0.6) is 0 Å². The van der Waals surface area contributed by atoms with E-state index in [4.69, 9.17) is 9.84 Å². The monoisotopic (exact) mass is 300 g/mol. The number of carbonyl (C=O) groups is 2. The predicted molar refractivity (Wildman–Crippen MR) is 75.2 cm³/mol. The predicted octanol–water partition coefficient (Wildman–Crippen LogP) is -0.186. The van der Waals surface area contributed by atoms with E-state index in [-0.39, 0.29) is 12.6 Å². The average molecular weight is 300 g/mol. The highest BCUT2D eigenvalue weighted by Gasteiger charge is 2.39. The summed E-state index contributed by atoms with van der Waals surface area (Å²) in [5.41, 5.74) is 0. The Hall–Kier alpha value is -1.18. The van der Waals surface area contributed by atoms with Gasteiger partial charge >= 0.3 is 11.9 Å². The van der Waals surface area contributed by atoms with Crippen LogP contribution in [0.1, 0.15) is 13.3 Å². The van der Waals surface area contributed by atoms with Gasteiger partial charge in [0.05, 0.1) is 24.5 Å². The van der Waals surface area contributed by atoms with Gasteiger partial charge in [-0.05, 0) is 19.5 Å². The molecule has 0 radical (unpaired) electrons. The van der Waals surface area contributed by atoms with Crippen molar-refractivity contribution in [3.05, 3.63) is 0 Å². The van der Waals surface area contributed by atoms with Gasteiger partial charge in [0, 0.05) is 26.2 Å². The Morgan fingerprint density at radius 1 is 1.10 bits per heavy atom. The van der Waals surface area contributed by atoms with Crippen LogP contribution in [0.3, 0.4) is 0 Å². The number of aliphatic carboxylic acids is 2.